The Labute approximate surface area is 122 Å². The molecule has 0 saturated heterocycles. The molecule has 3 N–H and O–H groups in total. The summed E-state index contributed by atoms with van der Waals surface area (Å²) in [6, 6.07) is 6.76. The number of nitrogens with one attached hydrogen (secondary N) is 2. The van der Waals surface area contributed by atoms with Gasteiger partial charge in [-0.25, -0.2) is 9.78 Å². The van der Waals surface area contributed by atoms with Crippen LogP contribution in [0.5, 0.6) is 0 Å². The van der Waals surface area contributed by atoms with E-state index in [-0.39, 0.29) is 5.28 Å². The molecule has 1 aromatic heterocycles. The molecule has 0 fully saturated rings. The second kappa shape index (κ2) is 5.85. The van der Waals surface area contributed by atoms with E-state index < -0.39 is 6.09 Å². The van der Waals surface area contributed by atoms with Crippen molar-refractivity contribution >= 4 is 50.8 Å². The first-order valence-corrected chi connectivity index (χ1v) is 6.27. The number of benzene rings is 1. The van der Waals surface area contributed by atoms with E-state index in [1.807, 2.05) is 0 Å². The van der Waals surface area contributed by atoms with Crippen molar-refractivity contribution in [3.05, 3.63) is 40.2 Å². The number of hydrogen-bond acceptors (Lipinski definition) is 4. The van der Waals surface area contributed by atoms with Crippen LogP contribution in [0, 0.1) is 0 Å². The lowest BCUT2D eigenvalue weighted by atomic mass is 10.3. The molecule has 6 nitrogen and oxygen atoms in total. The maximum atomic E-state index is 10.6. The van der Waals surface area contributed by atoms with Gasteiger partial charge in [0, 0.05) is 17.6 Å². The van der Waals surface area contributed by atoms with Crippen LogP contribution in [-0.4, -0.2) is 21.2 Å². The number of aromatic nitrogens is 2. The van der Waals surface area contributed by atoms with Gasteiger partial charge >= 0.3 is 6.09 Å². The number of anilines is 3. The van der Waals surface area contributed by atoms with E-state index in [1.54, 1.807) is 24.3 Å². The van der Waals surface area contributed by atoms with Gasteiger partial charge in [-0.3, -0.25) is 5.32 Å². The van der Waals surface area contributed by atoms with Crippen molar-refractivity contribution in [2.75, 3.05) is 10.6 Å². The van der Waals surface area contributed by atoms with Crippen LogP contribution < -0.4 is 10.6 Å². The van der Waals surface area contributed by atoms with Gasteiger partial charge in [-0.2, -0.15) is 4.98 Å². The van der Waals surface area contributed by atoms with Crippen LogP contribution in [0.3, 0.4) is 0 Å². The highest BCUT2D eigenvalue weighted by Crippen LogP contribution is 2.25. The summed E-state index contributed by atoms with van der Waals surface area (Å²) in [5, 5.41) is 14.0. The van der Waals surface area contributed by atoms with Crippen LogP contribution in [0.25, 0.3) is 0 Å². The molecule has 2 rings (SSSR count). The third-order valence-corrected chi connectivity index (χ3v) is 2.85. The van der Waals surface area contributed by atoms with Crippen LogP contribution in [0.2, 0.25) is 5.28 Å². The smallest absolute Gasteiger partial charge is 0.409 e. The van der Waals surface area contributed by atoms with Crippen LogP contribution in [0.1, 0.15) is 0 Å². The number of hydrogen-bond donors (Lipinski definition) is 3. The summed E-state index contributed by atoms with van der Waals surface area (Å²) in [5.74, 6) is 0.493. The topological polar surface area (TPSA) is 87.1 Å². The monoisotopic (exact) mass is 342 g/mol. The van der Waals surface area contributed by atoms with Gasteiger partial charge in [0.15, 0.2) is 0 Å². The van der Waals surface area contributed by atoms with Gasteiger partial charge in [-0.1, -0.05) is 6.07 Å². The summed E-state index contributed by atoms with van der Waals surface area (Å²) < 4.78 is 0.647. The van der Waals surface area contributed by atoms with Gasteiger partial charge in [0.25, 0.3) is 0 Å². The van der Waals surface area contributed by atoms with Crippen molar-refractivity contribution < 1.29 is 9.90 Å². The summed E-state index contributed by atoms with van der Waals surface area (Å²) in [4.78, 5) is 18.4. The summed E-state index contributed by atoms with van der Waals surface area (Å²) in [5.41, 5.74) is 1.12. The first kappa shape index (κ1) is 13.6. The number of nitrogens with zero attached hydrogens (tertiary/aromatic N) is 2. The molecule has 0 aliphatic rings. The fourth-order valence-corrected chi connectivity index (χ4v) is 1.79. The molecule has 0 aliphatic heterocycles. The first-order valence-electron chi connectivity index (χ1n) is 5.09. The zero-order chi connectivity index (χ0) is 13.8. The third kappa shape index (κ3) is 3.80. The van der Waals surface area contributed by atoms with Crippen molar-refractivity contribution in [3.63, 3.8) is 0 Å². The average molecular weight is 344 g/mol. The number of carbonyl (C=O) groups is 1. The molecule has 0 bridgehead atoms. The van der Waals surface area contributed by atoms with Crippen LogP contribution >= 0.6 is 27.5 Å². The van der Waals surface area contributed by atoms with Crippen molar-refractivity contribution in [2.24, 2.45) is 0 Å². The largest absolute Gasteiger partial charge is 0.465 e. The molecule has 19 heavy (non-hydrogen) atoms. The van der Waals surface area contributed by atoms with Gasteiger partial charge in [0.1, 0.15) is 5.82 Å². The van der Waals surface area contributed by atoms with Crippen LogP contribution in [0.15, 0.2) is 34.9 Å². The predicted octanol–water partition coefficient (Wildman–Crippen LogP) is 3.73. The van der Waals surface area contributed by atoms with Gasteiger partial charge in [0.05, 0.1) is 4.47 Å². The number of halogens is 2. The Kier molecular flexibility index (Phi) is 4.18. The lowest BCUT2D eigenvalue weighted by molar-refractivity contribution is 0.210. The zero-order valence-corrected chi connectivity index (χ0v) is 11.7. The third-order valence-electron chi connectivity index (χ3n) is 2.09. The van der Waals surface area contributed by atoms with Crippen LogP contribution in [0.4, 0.5) is 22.0 Å². The molecule has 0 spiro atoms. The second-order valence-corrected chi connectivity index (χ2v) is 4.66. The summed E-state index contributed by atoms with van der Waals surface area (Å²) in [7, 11) is 0. The molecule has 0 saturated carbocycles. The Hall–Kier alpha value is -1.86. The number of carboxylic acid groups (broad SMARTS) is 1. The normalized spacial score (nSPS) is 10.0. The Morgan fingerprint density at radius 3 is 2.84 bits per heavy atom. The fourth-order valence-electron chi connectivity index (χ4n) is 1.37. The van der Waals surface area contributed by atoms with Crippen molar-refractivity contribution in [1.29, 1.82) is 0 Å². The number of amides is 1. The Morgan fingerprint density at radius 2 is 2.11 bits per heavy atom. The minimum atomic E-state index is -1.12. The molecule has 1 aromatic carbocycles. The molecule has 0 radical (unpaired) electrons. The van der Waals surface area contributed by atoms with E-state index in [1.165, 1.54) is 6.20 Å². The highest BCUT2D eigenvalue weighted by molar-refractivity contribution is 9.10. The lowest BCUT2D eigenvalue weighted by Gasteiger charge is -2.09. The predicted molar refractivity (Wildman–Crippen MR) is 76.1 cm³/mol. The Morgan fingerprint density at radius 1 is 1.37 bits per heavy atom. The zero-order valence-electron chi connectivity index (χ0n) is 9.39. The van der Waals surface area contributed by atoms with Gasteiger partial charge in [-0.05, 0) is 45.7 Å². The number of rotatable bonds is 3. The van der Waals surface area contributed by atoms with Gasteiger partial charge < -0.3 is 10.4 Å². The summed E-state index contributed by atoms with van der Waals surface area (Å²) >= 11 is 9.00. The van der Waals surface area contributed by atoms with E-state index >= 15 is 0 Å². The molecule has 1 heterocycles. The standard InChI is InChI=1S/C11H8BrClN4O2/c12-8-5-14-10(13)17-9(8)15-6-2-1-3-7(4-6)16-11(18)19/h1-5,16H,(H,18,19)(H,14,15,17). The molecule has 1 amide bonds. The SMILES string of the molecule is O=C(O)Nc1cccc(Nc2nc(Cl)ncc2Br)c1. The Balaban J connectivity index is 2.23. The average Bonchev–Trinajstić information content (AvgIpc) is 2.33. The molecule has 2 aromatic rings. The molecule has 98 valence electrons. The second-order valence-electron chi connectivity index (χ2n) is 3.47. The molecule has 0 atom stereocenters. The molecular formula is C11H8BrClN4O2. The van der Waals surface area contributed by atoms with Gasteiger partial charge in [0.2, 0.25) is 5.28 Å². The minimum absolute atomic E-state index is 0.116. The first-order chi connectivity index (χ1) is 9.04. The summed E-state index contributed by atoms with van der Waals surface area (Å²) in [6.07, 6.45) is 0.403. The Bertz CT molecular complexity index is 623. The maximum absolute atomic E-state index is 10.6. The maximum Gasteiger partial charge on any atom is 0.409 e. The van der Waals surface area contributed by atoms with Crippen molar-refractivity contribution in [1.82, 2.24) is 9.97 Å². The highest BCUT2D eigenvalue weighted by atomic mass is 79.9. The van der Waals surface area contributed by atoms with E-state index in [0.717, 1.165) is 0 Å². The molecule has 0 unspecified atom stereocenters. The van der Waals surface area contributed by atoms with Crippen LogP contribution in [-0.2, 0) is 0 Å². The quantitative estimate of drug-likeness (QED) is 0.739. The van der Waals surface area contributed by atoms with E-state index in [0.29, 0.717) is 21.7 Å². The van der Waals surface area contributed by atoms with Crippen molar-refractivity contribution in [3.8, 4) is 0 Å². The molecular weight excluding hydrogens is 336 g/mol. The fraction of sp³-hybridized carbons (Fsp3) is 0. The highest BCUT2D eigenvalue weighted by Gasteiger charge is 2.05. The summed E-state index contributed by atoms with van der Waals surface area (Å²) in [6.45, 7) is 0. The minimum Gasteiger partial charge on any atom is -0.465 e. The van der Waals surface area contributed by atoms with Crippen molar-refractivity contribution in [2.45, 2.75) is 0 Å². The van der Waals surface area contributed by atoms with E-state index in [9.17, 15) is 4.79 Å². The van der Waals surface area contributed by atoms with Gasteiger partial charge in [-0.15, -0.1) is 0 Å². The lowest BCUT2D eigenvalue weighted by Crippen LogP contribution is -2.07. The van der Waals surface area contributed by atoms with E-state index in [2.05, 4.69) is 36.5 Å². The van der Waals surface area contributed by atoms with E-state index in [4.69, 9.17) is 16.7 Å². The molecule has 0 aliphatic carbocycles. The molecule has 8 heteroatoms.